The number of hydrogen-bond donors (Lipinski definition) is 0. The zero-order valence-corrected chi connectivity index (χ0v) is 12.3. The Balaban J connectivity index is 1.79. The van der Waals surface area contributed by atoms with Gasteiger partial charge >= 0.3 is 6.09 Å². The van der Waals surface area contributed by atoms with Crippen molar-refractivity contribution >= 4 is 23.8 Å². The van der Waals surface area contributed by atoms with Crippen LogP contribution in [-0.2, 0) is 9.53 Å². The molecule has 6 heteroatoms. The highest BCUT2D eigenvalue weighted by Crippen LogP contribution is 2.24. The summed E-state index contributed by atoms with van der Waals surface area (Å²) in [7, 11) is 0. The molecule has 0 aromatic carbocycles. The monoisotopic (exact) mass is 286 g/mol. The van der Waals surface area contributed by atoms with Gasteiger partial charge in [-0.05, 0) is 25.5 Å². The summed E-state index contributed by atoms with van der Waals surface area (Å²) in [5.41, 5.74) is 0. The lowest BCUT2D eigenvalue weighted by Gasteiger charge is -2.36. The molecular formula is C13H22N2O3S. The highest BCUT2D eigenvalue weighted by Gasteiger charge is 2.30. The largest absolute Gasteiger partial charge is 0.450 e. The molecular weight excluding hydrogens is 264 g/mol. The summed E-state index contributed by atoms with van der Waals surface area (Å²) < 4.78 is 4.97. The average molecular weight is 286 g/mol. The number of thioether (sulfide) groups is 1. The van der Waals surface area contributed by atoms with Crippen molar-refractivity contribution in [1.82, 2.24) is 9.80 Å². The van der Waals surface area contributed by atoms with E-state index in [0.29, 0.717) is 32.8 Å². The Kier molecular flexibility index (Phi) is 5.36. The van der Waals surface area contributed by atoms with E-state index >= 15 is 0 Å². The van der Waals surface area contributed by atoms with E-state index in [2.05, 4.69) is 0 Å². The summed E-state index contributed by atoms with van der Waals surface area (Å²) in [5, 5.41) is 0. The average Bonchev–Trinajstić information content (AvgIpc) is 2.48. The third kappa shape index (κ3) is 3.78. The Labute approximate surface area is 118 Å². The van der Waals surface area contributed by atoms with Gasteiger partial charge in [-0.15, -0.1) is 0 Å². The minimum atomic E-state index is -0.261. The predicted molar refractivity (Wildman–Crippen MR) is 75.2 cm³/mol. The SMILES string of the molecule is CCOC(=O)N1CCN(C(=O)C2CCCSC2)CC1. The predicted octanol–water partition coefficient (Wildman–Crippen LogP) is 1.43. The summed E-state index contributed by atoms with van der Waals surface area (Å²) in [4.78, 5) is 27.5. The van der Waals surface area contributed by atoms with Crippen LogP contribution in [0.1, 0.15) is 19.8 Å². The number of carbonyl (C=O) groups excluding carboxylic acids is 2. The number of carbonyl (C=O) groups is 2. The molecule has 1 atom stereocenters. The minimum Gasteiger partial charge on any atom is -0.450 e. The third-order valence-electron chi connectivity index (χ3n) is 3.63. The van der Waals surface area contributed by atoms with E-state index in [-0.39, 0.29) is 17.9 Å². The molecule has 2 amide bonds. The lowest BCUT2D eigenvalue weighted by atomic mass is 10.0. The second kappa shape index (κ2) is 7.03. The molecule has 2 heterocycles. The molecule has 2 saturated heterocycles. The van der Waals surface area contributed by atoms with E-state index in [1.54, 1.807) is 11.8 Å². The summed E-state index contributed by atoms with van der Waals surface area (Å²) in [6.45, 7) is 4.65. The normalized spacial score (nSPS) is 24.2. The molecule has 0 aliphatic carbocycles. The summed E-state index contributed by atoms with van der Waals surface area (Å²) in [5.74, 6) is 2.60. The van der Waals surface area contributed by atoms with Gasteiger partial charge in [0.2, 0.25) is 5.91 Å². The third-order valence-corrected chi connectivity index (χ3v) is 4.84. The van der Waals surface area contributed by atoms with Crippen LogP contribution in [0.2, 0.25) is 0 Å². The Hall–Kier alpha value is -0.910. The fourth-order valence-electron chi connectivity index (χ4n) is 2.52. The standard InChI is InChI=1S/C13H22N2O3S/c1-2-18-13(17)15-7-5-14(6-8-15)12(16)11-4-3-9-19-10-11/h11H,2-10H2,1H3. The van der Waals surface area contributed by atoms with Crippen molar-refractivity contribution in [2.45, 2.75) is 19.8 Å². The van der Waals surface area contributed by atoms with Crippen molar-refractivity contribution < 1.29 is 14.3 Å². The Morgan fingerprint density at radius 2 is 1.89 bits per heavy atom. The molecule has 108 valence electrons. The summed E-state index contributed by atoms with van der Waals surface area (Å²) >= 11 is 1.88. The fraction of sp³-hybridized carbons (Fsp3) is 0.846. The van der Waals surface area contributed by atoms with E-state index in [9.17, 15) is 9.59 Å². The number of ether oxygens (including phenoxy) is 1. The first-order chi connectivity index (χ1) is 9.22. The van der Waals surface area contributed by atoms with Crippen LogP contribution in [0.4, 0.5) is 4.79 Å². The molecule has 2 fully saturated rings. The van der Waals surface area contributed by atoms with Crippen LogP contribution in [0.25, 0.3) is 0 Å². The van der Waals surface area contributed by atoms with E-state index in [0.717, 1.165) is 18.6 Å². The van der Waals surface area contributed by atoms with Gasteiger partial charge in [-0.2, -0.15) is 11.8 Å². The maximum absolute atomic E-state index is 12.3. The van der Waals surface area contributed by atoms with Crippen molar-refractivity contribution in [3.63, 3.8) is 0 Å². The Morgan fingerprint density at radius 1 is 1.21 bits per heavy atom. The maximum atomic E-state index is 12.3. The Morgan fingerprint density at radius 3 is 2.47 bits per heavy atom. The van der Waals surface area contributed by atoms with E-state index in [4.69, 9.17) is 4.74 Å². The zero-order valence-electron chi connectivity index (χ0n) is 11.5. The minimum absolute atomic E-state index is 0.188. The summed E-state index contributed by atoms with van der Waals surface area (Å²) in [6.07, 6.45) is 1.90. The van der Waals surface area contributed by atoms with E-state index in [1.807, 2.05) is 16.7 Å². The molecule has 0 N–H and O–H groups in total. The topological polar surface area (TPSA) is 49.9 Å². The van der Waals surface area contributed by atoms with Crippen molar-refractivity contribution in [2.75, 3.05) is 44.3 Å². The van der Waals surface area contributed by atoms with Gasteiger partial charge in [0.25, 0.3) is 0 Å². The van der Waals surface area contributed by atoms with Crippen molar-refractivity contribution in [1.29, 1.82) is 0 Å². The van der Waals surface area contributed by atoms with Crippen LogP contribution in [0.5, 0.6) is 0 Å². The van der Waals surface area contributed by atoms with Gasteiger partial charge in [-0.1, -0.05) is 0 Å². The second-order valence-electron chi connectivity index (χ2n) is 4.93. The lowest BCUT2D eigenvalue weighted by molar-refractivity contribution is -0.136. The fourth-order valence-corrected chi connectivity index (χ4v) is 3.65. The second-order valence-corrected chi connectivity index (χ2v) is 6.08. The first-order valence-corrected chi connectivity index (χ1v) is 8.16. The Bertz CT molecular complexity index is 324. The van der Waals surface area contributed by atoms with Gasteiger partial charge in [0.1, 0.15) is 0 Å². The number of nitrogens with zero attached hydrogens (tertiary/aromatic N) is 2. The first-order valence-electron chi connectivity index (χ1n) is 7.00. The quantitative estimate of drug-likeness (QED) is 0.770. The molecule has 0 radical (unpaired) electrons. The number of rotatable bonds is 2. The van der Waals surface area contributed by atoms with Crippen molar-refractivity contribution in [2.24, 2.45) is 5.92 Å². The van der Waals surface area contributed by atoms with Crippen LogP contribution in [0.3, 0.4) is 0 Å². The number of amides is 2. The van der Waals surface area contributed by atoms with Gasteiger partial charge in [0.05, 0.1) is 6.61 Å². The molecule has 19 heavy (non-hydrogen) atoms. The van der Waals surface area contributed by atoms with Crippen LogP contribution in [0.15, 0.2) is 0 Å². The molecule has 0 spiro atoms. The van der Waals surface area contributed by atoms with Gasteiger partial charge in [-0.3, -0.25) is 4.79 Å². The van der Waals surface area contributed by atoms with Crippen LogP contribution in [0, 0.1) is 5.92 Å². The first kappa shape index (κ1) is 14.5. The van der Waals surface area contributed by atoms with Gasteiger partial charge in [-0.25, -0.2) is 4.79 Å². The highest BCUT2D eigenvalue weighted by atomic mass is 32.2. The van der Waals surface area contributed by atoms with Gasteiger partial charge < -0.3 is 14.5 Å². The van der Waals surface area contributed by atoms with E-state index in [1.165, 1.54) is 5.75 Å². The molecule has 0 aromatic rings. The van der Waals surface area contributed by atoms with E-state index < -0.39 is 0 Å². The van der Waals surface area contributed by atoms with Crippen LogP contribution < -0.4 is 0 Å². The molecule has 2 aliphatic heterocycles. The zero-order chi connectivity index (χ0) is 13.7. The van der Waals surface area contributed by atoms with Gasteiger partial charge in [0, 0.05) is 37.8 Å². The van der Waals surface area contributed by atoms with Crippen LogP contribution >= 0.6 is 11.8 Å². The lowest BCUT2D eigenvalue weighted by Crippen LogP contribution is -2.52. The molecule has 0 bridgehead atoms. The molecule has 0 aromatic heterocycles. The maximum Gasteiger partial charge on any atom is 0.409 e. The molecule has 1 unspecified atom stereocenters. The van der Waals surface area contributed by atoms with Crippen molar-refractivity contribution in [3.8, 4) is 0 Å². The smallest absolute Gasteiger partial charge is 0.409 e. The molecule has 0 saturated carbocycles. The summed E-state index contributed by atoms with van der Waals surface area (Å²) in [6, 6.07) is 0. The van der Waals surface area contributed by atoms with Crippen molar-refractivity contribution in [3.05, 3.63) is 0 Å². The van der Waals surface area contributed by atoms with Gasteiger partial charge in [0.15, 0.2) is 0 Å². The molecule has 2 rings (SSSR count). The molecule has 2 aliphatic rings. The number of hydrogen-bond acceptors (Lipinski definition) is 4. The van der Waals surface area contributed by atoms with Crippen LogP contribution in [-0.4, -0.2) is 66.1 Å². The number of piperazine rings is 1. The highest BCUT2D eigenvalue weighted by molar-refractivity contribution is 7.99. The molecule has 5 nitrogen and oxygen atoms in total.